The Labute approximate surface area is 184 Å². The van der Waals surface area contributed by atoms with Crippen molar-refractivity contribution >= 4 is 23.1 Å². The molecule has 7 nitrogen and oxygen atoms in total. The lowest BCUT2D eigenvalue weighted by atomic mass is 9.95. The molecule has 0 saturated carbocycles. The molecule has 2 aliphatic heterocycles. The predicted octanol–water partition coefficient (Wildman–Crippen LogP) is 4.05. The van der Waals surface area contributed by atoms with E-state index in [4.69, 9.17) is 9.47 Å². The van der Waals surface area contributed by atoms with Crippen LogP contribution in [0.4, 0.5) is 5.69 Å². The molecule has 0 bridgehead atoms. The van der Waals surface area contributed by atoms with Crippen molar-refractivity contribution in [2.45, 2.75) is 19.9 Å². The number of carbonyl (C=O) groups is 2. The van der Waals surface area contributed by atoms with E-state index in [-0.39, 0.29) is 18.1 Å². The van der Waals surface area contributed by atoms with Crippen molar-refractivity contribution in [2.75, 3.05) is 11.7 Å². The van der Waals surface area contributed by atoms with Crippen LogP contribution in [0.25, 0.3) is 5.76 Å². The average molecular weight is 428 g/mol. The molecule has 0 aliphatic carbocycles. The highest BCUT2D eigenvalue weighted by Gasteiger charge is 2.47. The third-order valence-electron chi connectivity index (χ3n) is 5.60. The van der Waals surface area contributed by atoms with Gasteiger partial charge in [0, 0.05) is 23.6 Å². The van der Waals surface area contributed by atoms with Gasteiger partial charge >= 0.3 is 0 Å². The van der Waals surface area contributed by atoms with E-state index in [2.05, 4.69) is 4.98 Å². The standard InChI is InChI=1S/C25H20N2O5/c1-14-9-15(2)11-18(10-14)27-22(16-5-7-26-8-6-16)21(24(29)25(27)30)23(28)17-3-4-19-20(12-17)32-13-31-19/h3-12,22,28H,13H2,1-2H3/b23-21-. The highest BCUT2D eigenvalue weighted by atomic mass is 16.7. The van der Waals surface area contributed by atoms with Crippen LogP contribution in [0.15, 0.2) is 66.5 Å². The van der Waals surface area contributed by atoms with Crippen LogP contribution in [0.3, 0.4) is 0 Å². The molecule has 0 radical (unpaired) electrons. The molecule has 1 unspecified atom stereocenters. The van der Waals surface area contributed by atoms with E-state index in [0.29, 0.717) is 28.3 Å². The average Bonchev–Trinajstić information content (AvgIpc) is 3.35. The Morgan fingerprint density at radius 2 is 1.66 bits per heavy atom. The van der Waals surface area contributed by atoms with Crippen molar-refractivity contribution in [1.82, 2.24) is 4.98 Å². The fourth-order valence-corrected chi connectivity index (χ4v) is 4.25. The van der Waals surface area contributed by atoms with E-state index in [1.165, 1.54) is 4.90 Å². The molecule has 1 atom stereocenters. The maximum atomic E-state index is 13.2. The van der Waals surface area contributed by atoms with Crippen molar-refractivity contribution in [1.29, 1.82) is 0 Å². The minimum absolute atomic E-state index is 0.0132. The Hall–Kier alpha value is -4.13. The van der Waals surface area contributed by atoms with E-state index >= 15 is 0 Å². The summed E-state index contributed by atoms with van der Waals surface area (Å²) < 4.78 is 10.7. The normalized spacial score (nSPS) is 18.9. The summed E-state index contributed by atoms with van der Waals surface area (Å²) in [5.74, 6) is -0.684. The van der Waals surface area contributed by atoms with Crippen molar-refractivity contribution in [3.05, 3.63) is 88.8 Å². The molecular formula is C25H20N2O5. The first-order valence-electron chi connectivity index (χ1n) is 10.1. The van der Waals surface area contributed by atoms with Gasteiger partial charge in [-0.15, -0.1) is 0 Å². The molecule has 160 valence electrons. The van der Waals surface area contributed by atoms with E-state index in [9.17, 15) is 14.7 Å². The molecule has 2 aromatic carbocycles. The van der Waals surface area contributed by atoms with Gasteiger partial charge in [0.05, 0.1) is 11.6 Å². The molecule has 1 saturated heterocycles. The molecular weight excluding hydrogens is 408 g/mol. The maximum absolute atomic E-state index is 13.2. The Balaban J connectivity index is 1.71. The van der Waals surface area contributed by atoms with E-state index in [0.717, 1.165) is 11.1 Å². The number of pyridine rings is 1. The Bertz CT molecular complexity index is 1260. The van der Waals surface area contributed by atoms with E-state index in [1.807, 2.05) is 32.0 Å². The number of benzene rings is 2. The van der Waals surface area contributed by atoms with E-state index in [1.54, 1.807) is 42.7 Å². The van der Waals surface area contributed by atoms with Crippen LogP contribution in [0.2, 0.25) is 0 Å². The summed E-state index contributed by atoms with van der Waals surface area (Å²) in [5.41, 5.74) is 3.57. The highest BCUT2D eigenvalue weighted by Crippen LogP contribution is 2.43. The second kappa shape index (κ2) is 7.53. The summed E-state index contributed by atoms with van der Waals surface area (Å²) in [4.78, 5) is 31.9. The highest BCUT2D eigenvalue weighted by molar-refractivity contribution is 6.51. The monoisotopic (exact) mass is 428 g/mol. The van der Waals surface area contributed by atoms with Gasteiger partial charge in [-0.25, -0.2) is 0 Å². The molecule has 3 heterocycles. The lowest BCUT2D eigenvalue weighted by molar-refractivity contribution is -0.132. The molecule has 2 aliphatic rings. The summed E-state index contributed by atoms with van der Waals surface area (Å²) in [6.45, 7) is 3.95. The molecule has 0 spiro atoms. The molecule has 3 aromatic rings. The number of aliphatic hydroxyl groups excluding tert-OH is 1. The number of rotatable bonds is 3. The van der Waals surface area contributed by atoms with Crippen molar-refractivity contribution < 1.29 is 24.2 Å². The first kappa shape index (κ1) is 19.8. The number of carbonyl (C=O) groups excluding carboxylic acids is 2. The van der Waals surface area contributed by atoms with Gasteiger partial charge in [0.15, 0.2) is 11.5 Å². The molecule has 32 heavy (non-hydrogen) atoms. The van der Waals surface area contributed by atoms with Gasteiger partial charge in [-0.1, -0.05) is 6.07 Å². The third-order valence-corrected chi connectivity index (χ3v) is 5.60. The van der Waals surface area contributed by atoms with Gasteiger partial charge in [0.25, 0.3) is 11.7 Å². The smallest absolute Gasteiger partial charge is 0.300 e. The number of hydrogen-bond acceptors (Lipinski definition) is 6. The second-order valence-electron chi connectivity index (χ2n) is 7.86. The summed E-state index contributed by atoms with van der Waals surface area (Å²) in [5, 5.41) is 11.2. The van der Waals surface area contributed by atoms with Gasteiger partial charge in [0.2, 0.25) is 6.79 Å². The van der Waals surface area contributed by atoms with Gasteiger partial charge in [-0.2, -0.15) is 0 Å². The predicted molar refractivity (Wildman–Crippen MR) is 118 cm³/mol. The topological polar surface area (TPSA) is 89.0 Å². The molecule has 1 aromatic heterocycles. The third kappa shape index (κ3) is 3.19. The minimum Gasteiger partial charge on any atom is -0.507 e. The van der Waals surface area contributed by atoms with Crippen molar-refractivity contribution in [3.8, 4) is 11.5 Å². The minimum atomic E-state index is -0.801. The summed E-state index contributed by atoms with van der Waals surface area (Å²) in [7, 11) is 0. The molecule has 1 N–H and O–H groups in total. The van der Waals surface area contributed by atoms with E-state index < -0.39 is 17.7 Å². The fourth-order valence-electron chi connectivity index (χ4n) is 4.25. The lowest BCUT2D eigenvalue weighted by Gasteiger charge is -2.26. The lowest BCUT2D eigenvalue weighted by Crippen LogP contribution is -2.29. The first-order valence-corrected chi connectivity index (χ1v) is 10.1. The van der Waals surface area contributed by atoms with Crippen molar-refractivity contribution in [3.63, 3.8) is 0 Å². The van der Waals surface area contributed by atoms with Gasteiger partial charge in [-0.05, 0) is 73.0 Å². The van der Waals surface area contributed by atoms with Crippen LogP contribution in [0, 0.1) is 13.8 Å². The number of hydrogen-bond donors (Lipinski definition) is 1. The SMILES string of the molecule is Cc1cc(C)cc(N2C(=O)C(=O)/C(=C(\O)c3ccc4c(c3)OCO4)C2c2ccncc2)c1. The number of amides is 1. The number of ether oxygens (including phenoxy) is 2. The number of fused-ring (bicyclic) bond motifs is 1. The summed E-state index contributed by atoms with van der Waals surface area (Å²) in [6.07, 6.45) is 3.19. The number of ketones is 1. The Morgan fingerprint density at radius 1 is 0.969 bits per heavy atom. The van der Waals surface area contributed by atoms with Crippen LogP contribution in [0.1, 0.15) is 28.3 Å². The Morgan fingerprint density at radius 3 is 2.38 bits per heavy atom. The number of aryl methyl sites for hydroxylation is 2. The zero-order valence-electron chi connectivity index (χ0n) is 17.5. The van der Waals surface area contributed by atoms with Crippen LogP contribution < -0.4 is 14.4 Å². The summed E-state index contributed by atoms with van der Waals surface area (Å²) >= 11 is 0. The van der Waals surface area contributed by atoms with Crippen molar-refractivity contribution in [2.24, 2.45) is 0 Å². The first-order chi connectivity index (χ1) is 15.4. The number of Topliss-reactive ketones (excluding diaryl/α,β-unsaturated/α-hetero) is 1. The molecule has 1 fully saturated rings. The largest absolute Gasteiger partial charge is 0.507 e. The molecule has 5 rings (SSSR count). The van der Waals surface area contributed by atoms with Gasteiger partial charge in [-0.3, -0.25) is 19.5 Å². The van der Waals surface area contributed by atoms with Crippen LogP contribution in [-0.4, -0.2) is 28.6 Å². The Kier molecular flexibility index (Phi) is 4.66. The molecule has 7 heteroatoms. The number of anilines is 1. The van der Waals surface area contributed by atoms with Gasteiger partial charge < -0.3 is 14.6 Å². The van der Waals surface area contributed by atoms with Crippen LogP contribution in [-0.2, 0) is 9.59 Å². The maximum Gasteiger partial charge on any atom is 0.300 e. The number of aliphatic hydroxyl groups is 1. The fraction of sp³-hybridized carbons (Fsp3) is 0.160. The number of nitrogens with zero attached hydrogens (tertiary/aromatic N) is 2. The van der Waals surface area contributed by atoms with Gasteiger partial charge in [0.1, 0.15) is 5.76 Å². The zero-order valence-corrected chi connectivity index (χ0v) is 17.5. The van der Waals surface area contributed by atoms with Crippen LogP contribution in [0.5, 0.6) is 11.5 Å². The molecule has 1 amide bonds. The second-order valence-corrected chi connectivity index (χ2v) is 7.86. The quantitative estimate of drug-likeness (QED) is 0.385. The zero-order chi connectivity index (χ0) is 22.4. The summed E-state index contributed by atoms with van der Waals surface area (Å²) in [6, 6.07) is 13.3. The van der Waals surface area contributed by atoms with Crippen LogP contribution >= 0.6 is 0 Å². The number of aromatic nitrogens is 1.